The van der Waals surface area contributed by atoms with Crippen LogP contribution in [0.2, 0.25) is 0 Å². The smallest absolute Gasteiger partial charge is 0.274 e. The quantitative estimate of drug-likeness (QED) is 0.700. The molecule has 2 aromatic carbocycles. The Balaban J connectivity index is 1.79. The maximum Gasteiger partial charge on any atom is 0.274 e. The first-order chi connectivity index (χ1) is 13.5. The van der Waals surface area contributed by atoms with Gasteiger partial charge in [-0.05, 0) is 55.3 Å². The molecule has 0 atom stereocenters. The van der Waals surface area contributed by atoms with Crippen molar-refractivity contribution in [3.8, 4) is 5.75 Å². The number of benzene rings is 2. The molecule has 0 bridgehead atoms. The SMILES string of the molecule is COc1ccc(C)cc1NC(=O)c1cccc(C(=O)Nc2ccccc2C)n1. The van der Waals surface area contributed by atoms with Crippen molar-refractivity contribution in [2.24, 2.45) is 0 Å². The van der Waals surface area contributed by atoms with Gasteiger partial charge in [0.2, 0.25) is 0 Å². The van der Waals surface area contributed by atoms with Gasteiger partial charge in [0.25, 0.3) is 11.8 Å². The molecule has 2 amide bonds. The molecule has 142 valence electrons. The number of methoxy groups -OCH3 is 1. The number of carbonyl (C=O) groups is 2. The topological polar surface area (TPSA) is 80.3 Å². The number of aryl methyl sites for hydroxylation is 2. The van der Waals surface area contributed by atoms with E-state index in [4.69, 9.17) is 4.74 Å². The minimum absolute atomic E-state index is 0.140. The summed E-state index contributed by atoms with van der Waals surface area (Å²) in [6.07, 6.45) is 0. The molecule has 6 heteroatoms. The molecule has 0 aliphatic carbocycles. The van der Waals surface area contributed by atoms with E-state index in [2.05, 4.69) is 15.6 Å². The maximum atomic E-state index is 12.6. The van der Waals surface area contributed by atoms with Gasteiger partial charge in [0, 0.05) is 5.69 Å². The number of pyridine rings is 1. The zero-order valence-electron chi connectivity index (χ0n) is 15.9. The van der Waals surface area contributed by atoms with E-state index in [0.29, 0.717) is 17.1 Å². The average molecular weight is 375 g/mol. The molecule has 0 saturated carbocycles. The fraction of sp³-hybridized carbons (Fsp3) is 0.136. The fourth-order valence-electron chi connectivity index (χ4n) is 2.69. The lowest BCUT2D eigenvalue weighted by molar-refractivity contribution is 0.101. The first kappa shape index (κ1) is 19.1. The molecular weight excluding hydrogens is 354 g/mol. The summed E-state index contributed by atoms with van der Waals surface area (Å²) in [5, 5.41) is 5.60. The molecule has 0 fully saturated rings. The van der Waals surface area contributed by atoms with E-state index < -0.39 is 5.91 Å². The van der Waals surface area contributed by atoms with E-state index in [9.17, 15) is 9.59 Å². The highest BCUT2D eigenvalue weighted by atomic mass is 16.5. The van der Waals surface area contributed by atoms with Gasteiger partial charge in [-0.1, -0.05) is 30.3 Å². The van der Waals surface area contributed by atoms with Crippen LogP contribution in [-0.2, 0) is 0 Å². The van der Waals surface area contributed by atoms with E-state index >= 15 is 0 Å². The molecule has 0 aliphatic rings. The Morgan fingerprint density at radius 2 is 1.46 bits per heavy atom. The third-order valence-electron chi connectivity index (χ3n) is 4.21. The predicted octanol–water partition coefficient (Wildman–Crippen LogP) is 4.21. The van der Waals surface area contributed by atoms with E-state index in [-0.39, 0.29) is 17.3 Å². The molecule has 0 unspecified atom stereocenters. The summed E-state index contributed by atoms with van der Waals surface area (Å²) >= 11 is 0. The Hall–Kier alpha value is -3.67. The highest BCUT2D eigenvalue weighted by Crippen LogP contribution is 2.25. The molecule has 1 heterocycles. The second-order valence-electron chi connectivity index (χ2n) is 6.33. The molecule has 28 heavy (non-hydrogen) atoms. The lowest BCUT2D eigenvalue weighted by Crippen LogP contribution is -2.19. The summed E-state index contributed by atoms with van der Waals surface area (Å²) in [6.45, 7) is 3.83. The number of carbonyl (C=O) groups excluding carboxylic acids is 2. The number of nitrogens with zero attached hydrogens (tertiary/aromatic N) is 1. The number of rotatable bonds is 5. The number of anilines is 2. The van der Waals surface area contributed by atoms with Gasteiger partial charge in [0.1, 0.15) is 17.1 Å². The molecule has 1 aromatic heterocycles. The highest BCUT2D eigenvalue weighted by Gasteiger charge is 2.15. The second-order valence-corrected chi connectivity index (χ2v) is 6.33. The van der Waals surface area contributed by atoms with Crippen LogP contribution >= 0.6 is 0 Å². The summed E-state index contributed by atoms with van der Waals surface area (Å²) in [5.41, 5.74) is 3.47. The monoisotopic (exact) mass is 375 g/mol. The minimum Gasteiger partial charge on any atom is -0.495 e. The Morgan fingerprint density at radius 1 is 0.821 bits per heavy atom. The third kappa shape index (κ3) is 4.35. The molecule has 0 spiro atoms. The van der Waals surface area contributed by atoms with Gasteiger partial charge < -0.3 is 15.4 Å². The standard InChI is InChI=1S/C22H21N3O3/c1-14-11-12-20(28-3)19(13-14)25-22(27)18-10-6-9-17(23-18)21(26)24-16-8-5-4-7-15(16)2/h4-13H,1-3H3,(H,24,26)(H,25,27). The third-order valence-corrected chi connectivity index (χ3v) is 4.21. The molecule has 0 aliphatic heterocycles. The van der Waals surface area contributed by atoms with Gasteiger partial charge in [0.05, 0.1) is 12.8 Å². The van der Waals surface area contributed by atoms with Crippen LogP contribution in [0.25, 0.3) is 0 Å². The molecule has 3 aromatic rings. The maximum absolute atomic E-state index is 12.6. The summed E-state index contributed by atoms with van der Waals surface area (Å²) < 4.78 is 5.28. The van der Waals surface area contributed by atoms with Crippen LogP contribution in [0.1, 0.15) is 32.1 Å². The Bertz CT molecular complexity index is 1030. The van der Waals surface area contributed by atoms with Crippen LogP contribution in [0.5, 0.6) is 5.75 Å². The van der Waals surface area contributed by atoms with Crippen molar-refractivity contribution in [3.63, 3.8) is 0 Å². The van der Waals surface area contributed by atoms with Crippen LogP contribution in [0.15, 0.2) is 60.7 Å². The lowest BCUT2D eigenvalue weighted by atomic mass is 10.2. The Labute approximate surface area is 163 Å². The van der Waals surface area contributed by atoms with Crippen molar-refractivity contribution in [1.29, 1.82) is 0 Å². The van der Waals surface area contributed by atoms with Crippen LogP contribution in [0, 0.1) is 13.8 Å². The number of amides is 2. The van der Waals surface area contributed by atoms with Gasteiger partial charge in [-0.3, -0.25) is 9.59 Å². The normalized spacial score (nSPS) is 10.2. The van der Waals surface area contributed by atoms with E-state index in [1.807, 2.05) is 50.2 Å². The zero-order chi connectivity index (χ0) is 20.1. The van der Waals surface area contributed by atoms with Gasteiger partial charge >= 0.3 is 0 Å². The van der Waals surface area contributed by atoms with Crippen molar-refractivity contribution < 1.29 is 14.3 Å². The predicted molar refractivity (Wildman–Crippen MR) is 109 cm³/mol. The van der Waals surface area contributed by atoms with Gasteiger partial charge in [-0.15, -0.1) is 0 Å². The molecule has 3 rings (SSSR count). The number of ether oxygens (including phenoxy) is 1. The second kappa shape index (κ2) is 8.35. The van der Waals surface area contributed by atoms with Crippen molar-refractivity contribution >= 4 is 23.2 Å². The number of hydrogen-bond donors (Lipinski definition) is 2. The van der Waals surface area contributed by atoms with Crippen LogP contribution in [0.3, 0.4) is 0 Å². The summed E-state index contributed by atoms with van der Waals surface area (Å²) in [5.74, 6) is -0.251. The number of nitrogens with one attached hydrogen (secondary N) is 2. The largest absolute Gasteiger partial charge is 0.495 e. The van der Waals surface area contributed by atoms with Crippen molar-refractivity contribution in [2.75, 3.05) is 17.7 Å². The van der Waals surface area contributed by atoms with Crippen molar-refractivity contribution in [1.82, 2.24) is 4.98 Å². The highest BCUT2D eigenvalue weighted by molar-refractivity contribution is 6.06. The number of hydrogen-bond acceptors (Lipinski definition) is 4. The number of para-hydroxylation sites is 1. The first-order valence-electron chi connectivity index (χ1n) is 8.78. The summed E-state index contributed by atoms with van der Waals surface area (Å²) in [6, 6.07) is 17.7. The molecule has 0 saturated heterocycles. The Kier molecular flexibility index (Phi) is 5.69. The van der Waals surface area contributed by atoms with E-state index in [1.165, 1.54) is 7.11 Å². The minimum atomic E-state index is -0.422. The Morgan fingerprint density at radius 3 is 2.11 bits per heavy atom. The molecule has 2 N–H and O–H groups in total. The summed E-state index contributed by atoms with van der Waals surface area (Å²) in [7, 11) is 1.54. The fourth-order valence-corrected chi connectivity index (χ4v) is 2.69. The van der Waals surface area contributed by atoms with Crippen LogP contribution < -0.4 is 15.4 Å². The number of aromatic nitrogens is 1. The molecule has 6 nitrogen and oxygen atoms in total. The lowest BCUT2D eigenvalue weighted by Gasteiger charge is -2.11. The van der Waals surface area contributed by atoms with Gasteiger partial charge in [-0.25, -0.2) is 4.98 Å². The van der Waals surface area contributed by atoms with Gasteiger partial charge in [0.15, 0.2) is 0 Å². The van der Waals surface area contributed by atoms with E-state index in [1.54, 1.807) is 24.3 Å². The van der Waals surface area contributed by atoms with Gasteiger partial charge in [-0.2, -0.15) is 0 Å². The van der Waals surface area contributed by atoms with E-state index in [0.717, 1.165) is 11.1 Å². The first-order valence-corrected chi connectivity index (χ1v) is 8.78. The van der Waals surface area contributed by atoms with Crippen molar-refractivity contribution in [3.05, 3.63) is 83.2 Å². The van der Waals surface area contributed by atoms with Crippen LogP contribution in [-0.4, -0.2) is 23.9 Å². The summed E-state index contributed by atoms with van der Waals surface area (Å²) in [4.78, 5) is 29.3. The molecular formula is C22H21N3O3. The van der Waals surface area contributed by atoms with Crippen LogP contribution in [0.4, 0.5) is 11.4 Å². The average Bonchev–Trinajstić information content (AvgIpc) is 2.70. The van der Waals surface area contributed by atoms with Crippen molar-refractivity contribution in [2.45, 2.75) is 13.8 Å². The molecule has 0 radical (unpaired) electrons. The zero-order valence-corrected chi connectivity index (χ0v) is 15.9.